The molecule has 0 fully saturated rings. The lowest BCUT2D eigenvalue weighted by atomic mass is 9.95. The highest BCUT2D eigenvalue weighted by Gasteiger charge is 2.40. The number of rotatable bonds is 6. The zero-order valence-electron chi connectivity index (χ0n) is 14.9. The van der Waals surface area contributed by atoms with Crippen LogP contribution in [0.15, 0.2) is 59.5 Å². The number of halogens is 1. The van der Waals surface area contributed by atoms with Crippen LogP contribution in [0.4, 0.5) is 0 Å². The number of hydrogen-bond donors (Lipinski definition) is 2. The van der Waals surface area contributed by atoms with E-state index in [0.717, 1.165) is 0 Å². The molecule has 2 aromatic carbocycles. The second-order valence-corrected chi connectivity index (χ2v) is 9.63. The summed E-state index contributed by atoms with van der Waals surface area (Å²) in [6, 6.07) is 13.9. The third-order valence-corrected chi connectivity index (χ3v) is 6.62. The van der Waals surface area contributed by atoms with Gasteiger partial charge in [-0.3, -0.25) is 10.1 Å². The SMILES string of the molecule is CC(C)(C)[C@H](NC(C(N)=O)c1ccccc1)S(=O)(=O)c1ccc(Cl)cc1. The fraction of sp³-hybridized carbons (Fsp3) is 0.316. The Kier molecular flexibility index (Phi) is 6.11. The number of amides is 1. The van der Waals surface area contributed by atoms with Gasteiger partial charge in [0.05, 0.1) is 4.90 Å². The van der Waals surface area contributed by atoms with Gasteiger partial charge in [0.1, 0.15) is 11.4 Å². The number of carbonyl (C=O) groups excluding carboxylic acids is 1. The Balaban J connectivity index is 2.47. The topological polar surface area (TPSA) is 89.3 Å². The molecule has 0 aliphatic heterocycles. The molecule has 0 aliphatic rings. The molecule has 26 heavy (non-hydrogen) atoms. The quantitative estimate of drug-likeness (QED) is 0.786. The fourth-order valence-electron chi connectivity index (χ4n) is 2.70. The van der Waals surface area contributed by atoms with E-state index in [4.69, 9.17) is 17.3 Å². The van der Waals surface area contributed by atoms with Gasteiger partial charge in [0.2, 0.25) is 5.91 Å². The third-order valence-electron chi connectivity index (χ3n) is 3.97. The van der Waals surface area contributed by atoms with Crippen LogP contribution in [0.25, 0.3) is 0 Å². The van der Waals surface area contributed by atoms with Crippen LogP contribution in [0.3, 0.4) is 0 Å². The van der Waals surface area contributed by atoms with Crippen molar-refractivity contribution >= 4 is 27.3 Å². The largest absolute Gasteiger partial charge is 0.368 e. The van der Waals surface area contributed by atoms with Crippen molar-refractivity contribution in [2.75, 3.05) is 0 Å². The van der Waals surface area contributed by atoms with Gasteiger partial charge in [-0.2, -0.15) is 0 Å². The van der Waals surface area contributed by atoms with Gasteiger partial charge in [0.15, 0.2) is 9.84 Å². The van der Waals surface area contributed by atoms with E-state index in [1.165, 1.54) is 24.3 Å². The van der Waals surface area contributed by atoms with Gasteiger partial charge in [-0.15, -0.1) is 0 Å². The molecule has 0 radical (unpaired) electrons. The molecule has 0 aliphatic carbocycles. The van der Waals surface area contributed by atoms with Gasteiger partial charge in [-0.1, -0.05) is 62.7 Å². The molecular formula is C19H23ClN2O3S. The average molecular weight is 395 g/mol. The van der Waals surface area contributed by atoms with E-state index in [1.807, 2.05) is 6.07 Å². The summed E-state index contributed by atoms with van der Waals surface area (Å²) in [5.74, 6) is -0.642. The Labute approximate surface area is 159 Å². The van der Waals surface area contributed by atoms with Crippen molar-refractivity contribution in [3.63, 3.8) is 0 Å². The highest BCUT2D eigenvalue weighted by atomic mass is 35.5. The first kappa shape index (κ1) is 20.4. The average Bonchev–Trinajstić information content (AvgIpc) is 2.54. The Bertz CT molecular complexity index is 860. The summed E-state index contributed by atoms with van der Waals surface area (Å²) in [6.07, 6.45) is 0. The van der Waals surface area contributed by atoms with Gasteiger partial charge < -0.3 is 5.73 Å². The summed E-state index contributed by atoms with van der Waals surface area (Å²) in [5.41, 5.74) is 5.47. The van der Waals surface area contributed by atoms with E-state index in [1.54, 1.807) is 45.0 Å². The minimum absolute atomic E-state index is 0.130. The first-order valence-electron chi connectivity index (χ1n) is 8.13. The highest BCUT2D eigenvalue weighted by molar-refractivity contribution is 7.92. The van der Waals surface area contributed by atoms with Crippen molar-refractivity contribution in [3.05, 3.63) is 65.2 Å². The molecule has 0 spiro atoms. The zero-order valence-corrected chi connectivity index (χ0v) is 16.5. The molecule has 140 valence electrons. The molecule has 2 rings (SSSR count). The molecule has 5 nitrogen and oxygen atoms in total. The van der Waals surface area contributed by atoms with Crippen molar-refractivity contribution in [1.82, 2.24) is 5.32 Å². The van der Waals surface area contributed by atoms with Crippen LogP contribution in [0, 0.1) is 5.41 Å². The van der Waals surface area contributed by atoms with E-state index >= 15 is 0 Å². The minimum atomic E-state index is -3.79. The molecule has 1 amide bonds. The Morgan fingerprint density at radius 3 is 2.04 bits per heavy atom. The van der Waals surface area contributed by atoms with E-state index in [-0.39, 0.29) is 4.90 Å². The second kappa shape index (κ2) is 7.78. The summed E-state index contributed by atoms with van der Waals surface area (Å²) in [7, 11) is -3.79. The summed E-state index contributed by atoms with van der Waals surface area (Å²) in [6.45, 7) is 5.38. The highest BCUT2D eigenvalue weighted by Crippen LogP contribution is 2.31. The van der Waals surface area contributed by atoms with E-state index in [0.29, 0.717) is 10.6 Å². The summed E-state index contributed by atoms with van der Waals surface area (Å²) in [5, 5.41) is 2.38. The second-order valence-electron chi connectivity index (χ2n) is 7.16. The number of hydrogen-bond acceptors (Lipinski definition) is 4. The van der Waals surface area contributed by atoms with Gasteiger partial charge in [-0.25, -0.2) is 8.42 Å². The molecule has 0 aromatic heterocycles. The molecule has 0 saturated heterocycles. The van der Waals surface area contributed by atoms with Crippen molar-refractivity contribution in [1.29, 1.82) is 0 Å². The molecule has 0 heterocycles. The Hall–Kier alpha value is -1.89. The normalized spacial score (nSPS) is 14.6. The smallest absolute Gasteiger partial charge is 0.239 e. The van der Waals surface area contributed by atoms with Gasteiger partial charge in [0.25, 0.3) is 0 Å². The van der Waals surface area contributed by atoms with E-state index < -0.39 is 32.6 Å². The number of sulfone groups is 1. The molecule has 2 atom stereocenters. The third kappa shape index (κ3) is 4.63. The standard InChI is InChI=1S/C19H23ClN2O3S/c1-19(2,3)18(26(24,25)15-11-9-14(20)10-12-15)22-16(17(21)23)13-7-5-4-6-8-13/h4-12,16,18,22H,1-3H3,(H2,21,23)/t16?,18-/m1/s1. The molecule has 3 N–H and O–H groups in total. The van der Waals surface area contributed by atoms with Gasteiger partial charge >= 0.3 is 0 Å². The maximum absolute atomic E-state index is 13.2. The maximum Gasteiger partial charge on any atom is 0.239 e. The Morgan fingerprint density at radius 1 is 1.04 bits per heavy atom. The molecule has 1 unspecified atom stereocenters. The van der Waals surface area contributed by atoms with Crippen LogP contribution < -0.4 is 11.1 Å². The van der Waals surface area contributed by atoms with Crippen molar-refractivity contribution < 1.29 is 13.2 Å². The van der Waals surface area contributed by atoms with Gasteiger partial charge in [0, 0.05) is 5.02 Å². The number of primary amides is 1. The lowest BCUT2D eigenvalue weighted by molar-refractivity contribution is -0.120. The molecular weight excluding hydrogens is 372 g/mol. The van der Waals surface area contributed by atoms with Crippen LogP contribution in [0.1, 0.15) is 32.4 Å². The van der Waals surface area contributed by atoms with Gasteiger partial charge in [-0.05, 0) is 35.2 Å². The number of carbonyl (C=O) groups is 1. The Morgan fingerprint density at radius 2 is 1.58 bits per heavy atom. The van der Waals surface area contributed by atoms with Crippen molar-refractivity contribution in [3.8, 4) is 0 Å². The lowest BCUT2D eigenvalue weighted by Gasteiger charge is -2.33. The maximum atomic E-state index is 13.2. The summed E-state index contributed by atoms with van der Waals surface area (Å²) in [4.78, 5) is 12.1. The molecule has 7 heteroatoms. The first-order valence-corrected chi connectivity index (χ1v) is 10.1. The minimum Gasteiger partial charge on any atom is -0.368 e. The van der Waals surface area contributed by atoms with E-state index in [9.17, 15) is 13.2 Å². The van der Waals surface area contributed by atoms with Crippen LogP contribution >= 0.6 is 11.6 Å². The predicted molar refractivity (Wildman–Crippen MR) is 103 cm³/mol. The lowest BCUT2D eigenvalue weighted by Crippen LogP contribution is -2.50. The van der Waals surface area contributed by atoms with Crippen molar-refractivity contribution in [2.45, 2.75) is 37.1 Å². The monoisotopic (exact) mass is 394 g/mol. The number of nitrogens with one attached hydrogen (secondary N) is 1. The van der Waals surface area contributed by atoms with Crippen LogP contribution in [0.5, 0.6) is 0 Å². The molecule has 2 aromatic rings. The van der Waals surface area contributed by atoms with Crippen LogP contribution in [0.2, 0.25) is 5.02 Å². The van der Waals surface area contributed by atoms with Crippen LogP contribution in [-0.4, -0.2) is 19.7 Å². The molecule has 0 bridgehead atoms. The fourth-order valence-corrected chi connectivity index (χ4v) is 4.86. The van der Waals surface area contributed by atoms with E-state index in [2.05, 4.69) is 5.32 Å². The summed E-state index contributed by atoms with van der Waals surface area (Å²) >= 11 is 5.87. The molecule has 0 saturated carbocycles. The predicted octanol–water partition coefficient (Wildman–Crippen LogP) is 3.30. The summed E-state index contributed by atoms with van der Waals surface area (Å²) < 4.78 is 26.4. The number of nitrogens with two attached hydrogens (primary N) is 1. The van der Waals surface area contributed by atoms with Crippen LogP contribution in [-0.2, 0) is 14.6 Å². The zero-order chi connectivity index (χ0) is 19.5. The number of benzene rings is 2. The first-order chi connectivity index (χ1) is 12.0. The van der Waals surface area contributed by atoms with Crippen molar-refractivity contribution in [2.24, 2.45) is 11.1 Å².